The van der Waals surface area contributed by atoms with Crippen LogP contribution in [0.25, 0.3) is 0 Å². The van der Waals surface area contributed by atoms with E-state index in [9.17, 15) is 66.4 Å². The van der Waals surface area contributed by atoms with Gasteiger partial charge in [0.15, 0.2) is 18.9 Å². The summed E-state index contributed by atoms with van der Waals surface area (Å²) in [5.41, 5.74) is -2.41. The predicted molar refractivity (Wildman–Crippen MR) is 235 cm³/mol. The highest BCUT2D eigenvalue weighted by Gasteiger charge is 2.74. The average molecular weight is 963 g/mol. The molecular formula is C48H82O19. The highest BCUT2D eigenvalue weighted by atomic mass is 16.7. The van der Waals surface area contributed by atoms with Gasteiger partial charge in [0, 0.05) is 0 Å². The van der Waals surface area contributed by atoms with E-state index in [1.807, 2.05) is 34.6 Å². The van der Waals surface area contributed by atoms with Gasteiger partial charge in [0.25, 0.3) is 0 Å². The maximum atomic E-state index is 12.7. The zero-order valence-corrected chi connectivity index (χ0v) is 40.3. The van der Waals surface area contributed by atoms with Crippen molar-refractivity contribution in [1.82, 2.24) is 0 Å². The van der Waals surface area contributed by atoms with Gasteiger partial charge in [-0.1, -0.05) is 46.3 Å². The molecule has 19 nitrogen and oxygen atoms in total. The van der Waals surface area contributed by atoms with Crippen molar-refractivity contribution >= 4 is 0 Å². The van der Waals surface area contributed by atoms with Crippen molar-refractivity contribution in [3.05, 3.63) is 11.6 Å². The van der Waals surface area contributed by atoms with Crippen LogP contribution in [-0.2, 0) is 28.4 Å². The van der Waals surface area contributed by atoms with Gasteiger partial charge in [-0.15, -0.1) is 0 Å². The van der Waals surface area contributed by atoms with Crippen LogP contribution in [0, 0.1) is 45.3 Å². The van der Waals surface area contributed by atoms with Gasteiger partial charge in [-0.3, -0.25) is 0 Å². The lowest BCUT2D eigenvalue weighted by Gasteiger charge is -2.72. The molecule has 0 radical (unpaired) electrons. The number of aliphatic hydroxyl groups excluding tert-OH is 13. The fourth-order valence-electron chi connectivity index (χ4n) is 14.8. The van der Waals surface area contributed by atoms with E-state index in [0.29, 0.717) is 51.4 Å². The fourth-order valence-corrected chi connectivity index (χ4v) is 14.8. The Kier molecular flexibility index (Phi) is 15.9. The molecule has 0 spiro atoms. The number of hydrogen-bond donors (Lipinski definition) is 13. The van der Waals surface area contributed by atoms with Crippen molar-refractivity contribution in [2.24, 2.45) is 45.3 Å². The van der Waals surface area contributed by atoms with Crippen molar-refractivity contribution in [1.29, 1.82) is 0 Å². The molecule has 0 aromatic carbocycles. The standard InChI is InChI=1S/C48H82O19/c1-21(2)10-9-13-48(8,67-43-39(61)35(57)32(54)26(19-50)65-43)22-11-15-46(6)30(22)23(51)16-28-45(5)14-12-29(52)44(3,4)40(45)24(17-47(28,46)7)63-42-38(60)36(58)33(55)27(66-42)20-62-41-37(59)34(56)31(53)25(18-49)64-41/h10,22-43,49-61H,9,11-20H2,1-8H3/t22-,23+,24-,25+,26+,27+,28+,29-,30-,31+,32+,33+,34-,35-,36-,37+,38+,39+,40+,41+,42+,43-,45+,46+,47+,48-/m0/s1. The Labute approximate surface area is 393 Å². The van der Waals surface area contributed by atoms with Crippen molar-refractivity contribution in [2.75, 3.05) is 19.8 Å². The number of ether oxygens (including phenoxy) is 6. The van der Waals surface area contributed by atoms with Crippen LogP contribution in [0.2, 0.25) is 0 Å². The molecule has 67 heavy (non-hydrogen) atoms. The minimum absolute atomic E-state index is 0.0841. The summed E-state index contributed by atoms with van der Waals surface area (Å²) in [7, 11) is 0. The quantitative estimate of drug-likeness (QED) is 0.0773. The van der Waals surface area contributed by atoms with Gasteiger partial charge in [0.05, 0.1) is 43.7 Å². The Morgan fingerprint density at radius 1 is 0.657 bits per heavy atom. The summed E-state index contributed by atoms with van der Waals surface area (Å²) in [6.45, 7) is 14.7. The van der Waals surface area contributed by atoms with Gasteiger partial charge in [0.1, 0.15) is 73.2 Å². The summed E-state index contributed by atoms with van der Waals surface area (Å²) < 4.78 is 37.1. The molecule has 4 aliphatic carbocycles. The zero-order valence-electron chi connectivity index (χ0n) is 40.3. The fraction of sp³-hybridized carbons (Fsp3) is 0.958. The molecule has 0 unspecified atom stereocenters. The molecule has 0 amide bonds. The molecule has 13 N–H and O–H groups in total. The second kappa shape index (κ2) is 19.8. The summed E-state index contributed by atoms with van der Waals surface area (Å²) in [4.78, 5) is 0. The summed E-state index contributed by atoms with van der Waals surface area (Å²) >= 11 is 0. The Morgan fingerprint density at radius 3 is 1.78 bits per heavy atom. The smallest absolute Gasteiger partial charge is 0.187 e. The van der Waals surface area contributed by atoms with E-state index in [1.165, 1.54) is 0 Å². The van der Waals surface area contributed by atoms with Gasteiger partial charge >= 0.3 is 0 Å². The predicted octanol–water partition coefficient (Wildman–Crippen LogP) is -1.06. The molecule has 388 valence electrons. The van der Waals surface area contributed by atoms with Crippen LogP contribution >= 0.6 is 0 Å². The molecule has 3 heterocycles. The number of hydrogen-bond acceptors (Lipinski definition) is 19. The van der Waals surface area contributed by atoms with Crippen LogP contribution in [0.15, 0.2) is 11.6 Å². The largest absolute Gasteiger partial charge is 0.394 e. The number of rotatable bonds is 13. The molecule has 19 heteroatoms. The highest BCUT2D eigenvalue weighted by molar-refractivity contribution is 5.22. The third kappa shape index (κ3) is 9.13. The molecule has 3 saturated heterocycles. The van der Waals surface area contributed by atoms with Gasteiger partial charge in [-0.25, -0.2) is 0 Å². The number of allylic oxidation sites excluding steroid dienone is 2. The van der Waals surface area contributed by atoms with Crippen LogP contribution in [0.3, 0.4) is 0 Å². The van der Waals surface area contributed by atoms with E-state index in [1.54, 1.807) is 0 Å². The molecule has 3 aliphatic heterocycles. The third-order valence-electron chi connectivity index (χ3n) is 18.7. The first-order valence-electron chi connectivity index (χ1n) is 24.5. The lowest BCUT2D eigenvalue weighted by Crippen LogP contribution is -2.71. The first-order valence-corrected chi connectivity index (χ1v) is 24.5. The summed E-state index contributed by atoms with van der Waals surface area (Å²) in [6, 6.07) is 0. The van der Waals surface area contributed by atoms with Crippen LogP contribution < -0.4 is 0 Å². The van der Waals surface area contributed by atoms with Crippen LogP contribution in [0.1, 0.15) is 107 Å². The molecule has 7 rings (SSSR count). The zero-order chi connectivity index (χ0) is 49.5. The van der Waals surface area contributed by atoms with Crippen molar-refractivity contribution in [3.63, 3.8) is 0 Å². The van der Waals surface area contributed by atoms with Crippen molar-refractivity contribution in [2.45, 2.75) is 223 Å². The minimum atomic E-state index is -1.78. The van der Waals surface area contributed by atoms with Crippen molar-refractivity contribution < 1.29 is 94.8 Å². The maximum Gasteiger partial charge on any atom is 0.187 e. The number of fused-ring (bicyclic) bond motifs is 5. The SMILES string of the molecule is CC(C)=CCC[C@](C)(O[C@@H]1O[C@H](CO)[C@@H](O)[C@H](O)[C@H]1O)[C@H]1CC[C@]2(C)[C@@H]1[C@H](O)C[C@@H]1[C@@]3(C)CC[C@H](O)C(C)(C)[C@H]3[C@@H](O[C@@H]3O[C@H](CO[C@@H]4O[C@H](CO)[C@@H](O)[C@H](O)[C@H]4O)[C@@H](O)[C@H](O)[C@H]3O)C[C@]12C. The first kappa shape index (κ1) is 53.8. The summed E-state index contributed by atoms with van der Waals surface area (Å²) in [5.74, 6) is -1.11. The number of aliphatic hydroxyl groups is 13. The molecule has 7 fully saturated rings. The summed E-state index contributed by atoms with van der Waals surface area (Å²) in [6.07, 6.45) is -19.3. The van der Waals surface area contributed by atoms with Gasteiger partial charge in [-0.05, 0) is 117 Å². The normalized spacial score (nSPS) is 52.9. The van der Waals surface area contributed by atoms with Crippen LogP contribution in [0.5, 0.6) is 0 Å². The molecule has 7 aliphatic rings. The first-order chi connectivity index (χ1) is 31.2. The molecular weight excluding hydrogens is 881 g/mol. The van der Waals surface area contributed by atoms with E-state index >= 15 is 0 Å². The molecule has 0 aromatic rings. The average Bonchev–Trinajstić information content (AvgIpc) is 3.66. The van der Waals surface area contributed by atoms with E-state index in [2.05, 4.69) is 26.8 Å². The van der Waals surface area contributed by atoms with Gasteiger partial charge < -0.3 is 94.8 Å². The Balaban J connectivity index is 1.20. The molecule has 4 saturated carbocycles. The minimum Gasteiger partial charge on any atom is -0.394 e. The van der Waals surface area contributed by atoms with Crippen LogP contribution in [-0.4, -0.2) is 202 Å². The molecule has 0 bridgehead atoms. The van der Waals surface area contributed by atoms with E-state index in [-0.39, 0.29) is 23.7 Å². The monoisotopic (exact) mass is 963 g/mol. The Bertz CT molecular complexity index is 1710. The molecule has 26 atom stereocenters. The van der Waals surface area contributed by atoms with Crippen LogP contribution in [0.4, 0.5) is 0 Å². The Hall–Kier alpha value is -1.02. The van der Waals surface area contributed by atoms with Crippen molar-refractivity contribution in [3.8, 4) is 0 Å². The van der Waals surface area contributed by atoms with E-state index < -0.39 is 158 Å². The third-order valence-corrected chi connectivity index (χ3v) is 18.7. The van der Waals surface area contributed by atoms with Gasteiger partial charge in [0.2, 0.25) is 0 Å². The second-order valence-corrected chi connectivity index (χ2v) is 23.1. The van der Waals surface area contributed by atoms with Gasteiger partial charge in [-0.2, -0.15) is 0 Å². The second-order valence-electron chi connectivity index (χ2n) is 23.1. The maximum absolute atomic E-state index is 12.7. The molecule has 0 aromatic heterocycles. The lowest BCUT2D eigenvalue weighted by molar-refractivity contribution is -0.357. The Morgan fingerprint density at radius 2 is 1.19 bits per heavy atom. The van der Waals surface area contributed by atoms with E-state index in [4.69, 9.17) is 28.4 Å². The summed E-state index contributed by atoms with van der Waals surface area (Å²) in [5, 5.41) is 142. The van der Waals surface area contributed by atoms with E-state index in [0.717, 1.165) is 5.57 Å². The topological polar surface area (TPSA) is 318 Å². The lowest BCUT2D eigenvalue weighted by atomic mass is 9.34. The highest BCUT2D eigenvalue weighted by Crippen LogP contribution is 2.76.